The Morgan fingerprint density at radius 3 is 2.26 bits per heavy atom. The lowest BCUT2D eigenvalue weighted by Gasteiger charge is -2.19. The van der Waals surface area contributed by atoms with Gasteiger partial charge in [0.2, 0.25) is 15.9 Å². The summed E-state index contributed by atoms with van der Waals surface area (Å²) in [5.41, 5.74) is 0.875. The summed E-state index contributed by atoms with van der Waals surface area (Å²) in [6.07, 6.45) is 1.09. The van der Waals surface area contributed by atoms with Crippen molar-refractivity contribution in [2.75, 3.05) is 6.54 Å². The normalized spacial score (nSPS) is 12.7. The smallest absolute Gasteiger partial charge is 0.241 e. The third-order valence-corrected chi connectivity index (χ3v) is 5.78. The third-order valence-electron chi connectivity index (χ3n) is 4.04. The van der Waals surface area contributed by atoms with E-state index >= 15 is 0 Å². The van der Waals surface area contributed by atoms with Gasteiger partial charge in [-0.05, 0) is 48.6 Å². The number of carbonyl (C=O) groups is 1. The zero-order chi connectivity index (χ0) is 19.9. The number of benzene rings is 2. The quantitative estimate of drug-likeness (QED) is 0.667. The van der Waals surface area contributed by atoms with Crippen LogP contribution < -0.4 is 10.0 Å². The molecule has 1 atom stereocenters. The summed E-state index contributed by atoms with van der Waals surface area (Å²) in [5.74, 6) is 0.112. The Labute approximate surface area is 166 Å². The molecule has 27 heavy (non-hydrogen) atoms. The molecule has 0 fully saturated rings. The van der Waals surface area contributed by atoms with Crippen molar-refractivity contribution in [2.24, 2.45) is 5.92 Å². The van der Waals surface area contributed by atoms with E-state index in [0.29, 0.717) is 17.5 Å². The van der Waals surface area contributed by atoms with Crippen LogP contribution >= 0.6 is 11.6 Å². The van der Waals surface area contributed by atoms with Crippen molar-refractivity contribution in [3.05, 3.63) is 65.2 Å². The Balaban J connectivity index is 2.17. The first-order valence-corrected chi connectivity index (χ1v) is 10.7. The summed E-state index contributed by atoms with van der Waals surface area (Å²) in [5, 5.41) is 3.28. The second-order valence-electron chi connectivity index (χ2n) is 6.79. The van der Waals surface area contributed by atoms with Crippen LogP contribution in [0.4, 0.5) is 0 Å². The summed E-state index contributed by atoms with van der Waals surface area (Å²) in [4.78, 5) is 12.7. The van der Waals surface area contributed by atoms with E-state index in [-0.39, 0.29) is 17.2 Å². The van der Waals surface area contributed by atoms with Crippen LogP contribution in [-0.4, -0.2) is 26.9 Å². The highest BCUT2D eigenvalue weighted by Gasteiger charge is 2.26. The fourth-order valence-corrected chi connectivity index (χ4v) is 3.84. The van der Waals surface area contributed by atoms with Crippen molar-refractivity contribution in [3.8, 4) is 0 Å². The molecule has 0 saturated heterocycles. The standard InChI is InChI=1S/C20H25ClN2O3S/c1-15(2)12-13-22-20(24)19(14-16-6-4-3-5-7-16)23-27(25,26)18-10-8-17(21)9-11-18/h3-11,15,19,23H,12-14H2,1-2H3,(H,22,24)/t19-/m0/s1. The van der Waals surface area contributed by atoms with Crippen LogP contribution in [0.25, 0.3) is 0 Å². The number of nitrogens with one attached hydrogen (secondary N) is 2. The van der Waals surface area contributed by atoms with Gasteiger partial charge in [0, 0.05) is 11.6 Å². The Bertz CT molecular complexity index is 837. The molecule has 0 heterocycles. The fourth-order valence-electron chi connectivity index (χ4n) is 2.51. The van der Waals surface area contributed by atoms with Crippen LogP contribution in [0.5, 0.6) is 0 Å². The van der Waals surface area contributed by atoms with Crippen molar-refractivity contribution >= 4 is 27.5 Å². The topological polar surface area (TPSA) is 75.3 Å². The molecule has 2 N–H and O–H groups in total. The SMILES string of the molecule is CC(C)CCNC(=O)[C@H](Cc1ccccc1)NS(=O)(=O)c1ccc(Cl)cc1. The molecule has 0 unspecified atom stereocenters. The Kier molecular flexibility index (Phi) is 7.83. The number of halogens is 1. The molecule has 0 aliphatic heterocycles. The number of amides is 1. The summed E-state index contributed by atoms with van der Waals surface area (Å²) in [6, 6.07) is 14.3. The van der Waals surface area contributed by atoms with Gasteiger partial charge in [0.15, 0.2) is 0 Å². The second kappa shape index (κ2) is 9.88. The zero-order valence-electron chi connectivity index (χ0n) is 15.5. The Morgan fingerprint density at radius 1 is 1.04 bits per heavy atom. The molecule has 0 aliphatic carbocycles. The van der Waals surface area contributed by atoms with E-state index in [0.717, 1.165) is 12.0 Å². The van der Waals surface area contributed by atoms with Crippen LogP contribution in [0.3, 0.4) is 0 Å². The van der Waals surface area contributed by atoms with E-state index in [2.05, 4.69) is 23.9 Å². The molecule has 0 spiro atoms. The second-order valence-corrected chi connectivity index (χ2v) is 8.94. The summed E-state index contributed by atoms with van der Waals surface area (Å²) in [6.45, 7) is 4.64. The lowest BCUT2D eigenvalue weighted by atomic mass is 10.1. The van der Waals surface area contributed by atoms with Gasteiger partial charge >= 0.3 is 0 Å². The number of carbonyl (C=O) groups excluding carboxylic acids is 1. The van der Waals surface area contributed by atoms with Crippen molar-refractivity contribution < 1.29 is 13.2 Å². The zero-order valence-corrected chi connectivity index (χ0v) is 17.1. The van der Waals surface area contributed by atoms with Gasteiger partial charge in [-0.25, -0.2) is 8.42 Å². The monoisotopic (exact) mass is 408 g/mol. The van der Waals surface area contributed by atoms with E-state index in [1.807, 2.05) is 30.3 Å². The van der Waals surface area contributed by atoms with E-state index in [9.17, 15) is 13.2 Å². The average Bonchev–Trinajstić information content (AvgIpc) is 2.62. The van der Waals surface area contributed by atoms with Crippen molar-refractivity contribution in [1.29, 1.82) is 0 Å². The van der Waals surface area contributed by atoms with Gasteiger partial charge in [0.25, 0.3) is 0 Å². The largest absolute Gasteiger partial charge is 0.355 e. The lowest BCUT2D eigenvalue weighted by molar-refractivity contribution is -0.122. The molecule has 5 nitrogen and oxygen atoms in total. The van der Waals surface area contributed by atoms with Crippen molar-refractivity contribution in [1.82, 2.24) is 10.0 Å². The van der Waals surface area contributed by atoms with E-state index < -0.39 is 16.1 Å². The summed E-state index contributed by atoms with van der Waals surface area (Å²) >= 11 is 5.83. The number of sulfonamides is 1. The molecule has 2 aromatic carbocycles. The van der Waals surface area contributed by atoms with Crippen molar-refractivity contribution in [2.45, 2.75) is 37.6 Å². The Hall–Kier alpha value is -1.89. The van der Waals surface area contributed by atoms with Crippen LogP contribution in [0.15, 0.2) is 59.5 Å². The molecule has 0 bridgehead atoms. The predicted molar refractivity (Wildman–Crippen MR) is 108 cm³/mol. The highest BCUT2D eigenvalue weighted by molar-refractivity contribution is 7.89. The molecular formula is C20H25ClN2O3S. The van der Waals surface area contributed by atoms with Crippen LogP contribution in [0.2, 0.25) is 5.02 Å². The number of hydrogen-bond donors (Lipinski definition) is 2. The third kappa shape index (κ3) is 6.97. The molecule has 0 saturated carbocycles. The van der Waals surface area contributed by atoms with Gasteiger partial charge in [-0.1, -0.05) is 55.8 Å². The van der Waals surface area contributed by atoms with E-state index in [1.54, 1.807) is 0 Å². The maximum absolute atomic E-state index is 12.7. The first kappa shape index (κ1) is 21.4. The minimum absolute atomic E-state index is 0.0694. The summed E-state index contributed by atoms with van der Waals surface area (Å²) in [7, 11) is -3.85. The molecule has 2 rings (SSSR count). The minimum Gasteiger partial charge on any atom is -0.355 e. The molecule has 146 valence electrons. The van der Waals surface area contributed by atoms with Gasteiger partial charge in [0.05, 0.1) is 4.90 Å². The maximum Gasteiger partial charge on any atom is 0.241 e. The molecule has 2 aromatic rings. The first-order chi connectivity index (χ1) is 12.8. The van der Waals surface area contributed by atoms with Gasteiger partial charge in [0.1, 0.15) is 6.04 Å². The highest BCUT2D eigenvalue weighted by atomic mass is 35.5. The van der Waals surface area contributed by atoms with E-state index in [1.165, 1.54) is 24.3 Å². The summed E-state index contributed by atoms with van der Waals surface area (Å²) < 4.78 is 27.9. The molecule has 1 amide bonds. The maximum atomic E-state index is 12.7. The van der Waals surface area contributed by atoms with Crippen LogP contribution in [-0.2, 0) is 21.2 Å². The van der Waals surface area contributed by atoms with Gasteiger partial charge in [-0.15, -0.1) is 0 Å². The molecule has 7 heteroatoms. The fraction of sp³-hybridized carbons (Fsp3) is 0.350. The average molecular weight is 409 g/mol. The van der Waals surface area contributed by atoms with Gasteiger partial charge < -0.3 is 5.32 Å². The van der Waals surface area contributed by atoms with Gasteiger partial charge in [-0.3, -0.25) is 4.79 Å². The highest BCUT2D eigenvalue weighted by Crippen LogP contribution is 2.15. The molecule has 0 radical (unpaired) electrons. The lowest BCUT2D eigenvalue weighted by Crippen LogP contribution is -2.48. The minimum atomic E-state index is -3.85. The number of hydrogen-bond acceptors (Lipinski definition) is 3. The van der Waals surface area contributed by atoms with Crippen LogP contribution in [0.1, 0.15) is 25.8 Å². The molecule has 0 aromatic heterocycles. The van der Waals surface area contributed by atoms with E-state index in [4.69, 9.17) is 11.6 Å². The first-order valence-electron chi connectivity index (χ1n) is 8.87. The Morgan fingerprint density at radius 2 is 1.67 bits per heavy atom. The molecule has 0 aliphatic rings. The van der Waals surface area contributed by atoms with Crippen molar-refractivity contribution in [3.63, 3.8) is 0 Å². The molecular weight excluding hydrogens is 384 g/mol. The predicted octanol–water partition coefficient (Wildman–Crippen LogP) is 3.39. The van der Waals surface area contributed by atoms with Gasteiger partial charge in [-0.2, -0.15) is 4.72 Å². The number of rotatable bonds is 9. The van der Waals surface area contributed by atoms with Crippen LogP contribution in [0, 0.1) is 5.92 Å².